The molecule has 0 spiro atoms. The van der Waals surface area contributed by atoms with Crippen molar-refractivity contribution in [2.24, 2.45) is 0 Å². The number of ether oxygens (including phenoxy) is 3. The Bertz CT molecular complexity index is 998. The van der Waals surface area contributed by atoms with Gasteiger partial charge < -0.3 is 19.5 Å². The molecular formula is C23H32N2O6S. The fraction of sp³-hybridized carbons (Fsp3) is 0.435. The Labute approximate surface area is 190 Å². The van der Waals surface area contributed by atoms with E-state index < -0.39 is 10.0 Å². The Kier molecular flexibility index (Phi) is 9.06. The lowest BCUT2D eigenvalue weighted by molar-refractivity contribution is -0.116. The van der Waals surface area contributed by atoms with Crippen LogP contribution in [0.3, 0.4) is 0 Å². The summed E-state index contributed by atoms with van der Waals surface area (Å²) in [4.78, 5) is 12.4. The third kappa shape index (κ3) is 7.51. The molecule has 0 aromatic heterocycles. The maximum atomic E-state index is 12.5. The van der Waals surface area contributed by atoms with Crippen molar-refractivity contribution in [3.63, 3.8) is 0 Å². The molecule has 0 aliphatic carbocycles. The molecule has 2 N–H and O–H groups in total. The van der Waals surface area contributed by atoms with Gasteiger partial charge in [-0.05, 0) is 35.2 Å². The predicted molar refractivity (Wildman–Crippen MR) is 124 cm³/mol. The lowest BCUT2D eigenvalue weighted by atomic mass is 9.87. The molecule has 2 aromatic carbocycles. The minimum atomic E-state index is -3.70. The zero-order chi connectivity index (χ0) is 23.8. The number of methoxy groups -OCH3 is 2. The van der Waals surface area contributed by atoms with Crippen LogP contribution in [0.2, 0.25) is 0 Å². The van der Waals surface area contributed by atoms with Gasteiger partial charge in [-0.15, -0.1) is 0 Å². The number of hydrogen-bond donors (Lipinski definition) is 2. The molecule has 0 aliphatic rings. The second-order valence-electron chi connectivity index (χ2n) is 8.18. The molecule has 0 aliphatic heterocycles. The molecule has 1 amide bonds. The van der Waals surface area contributed by atoms with Gasteiger partial charge in [-0.3, -0.25) is 4.79 Å². The maximum Gasteiger partial charge on any atom is 0.240 e. The van der Waals surface area contributed by atoms with E-state index >= 15 is 0 Å². The second kappa shape index (κ2) is 11.3. The zero-order valence-corrected chi connectivity index (χ0v) is 20.0. The molecule has 176 valence electrons. The van der Waals surface area contributed by atoms with E-state index in [4.69, 9.17) is 14.2 Å². The summed E-state index contributed by atoms with van der Waals surface area (Å²) in [6.45, 7) is 6.91. The van der Waals surface area contributed by atoms with Crippen molar-refractivity contribution in [2.75, 3.05) is 39.3 Å². The summed E-state index contributed by atoms with van der Waals surface area (Å²) < 4.78 is 43.3. The number of hydrogen-bond acceptors (Lipinski definition) is 6. The molecule has 2 rings (SSSR count). The van der Waals surface area contributed by atoms with Gasteiger partial charge in [-0.25, -0.2) is 13.1 Å². The van der Waals surface area contributed by atoms with Crippen LogP contribution >= 0.6 is 0 Å². The van der Waals surface area contributed by atoms with Gasteiger partial charge in [0.1, 0.15) is 6.61 Å². The number of anilines is 1. The van der Waals surface area contributed by atoms with Gasteiger partial charge in [-0.2, -0.15) is 0 Å². The van der Waals surface area contributed by atoms with Gasteiger partial charge in [0.15, 0.2) is 11.5 Å². The third-order valence-corrected chi connectivity index (χ3v) is 6.14. The van der Waals surface area contributed by atoms with E-state index in [1.54, 1.807) is 49.6 Å². The molecule has 8 nitrogen and oxygen atoms in total. The molecule has 0 bridgehead atoms. The number of nitrogens with one attached hydrogen (secondary N) is 2. The predicted octanol–water partition coefficient (Wildman–Crippen LogP) is 3.33. The Morgan fingerprint density at radius 1 is 0.969 bits per heavy atom. The summed E-state index contributed by atoms with van der Waals surface area (Å²) in [6, 6.07) is 11.8. The van der Waals surface area contributed by atoms with E-state index in [-0.39, 0.29) is 29.2 Å². The van der Waals surface area contributed by atoms with Gasteiger partial charge in [0.05, 0.1) is 18.6 Å². The average molecular weight is 465 g/mol. The van der Waals surface area contributed by atoms with Crippen LogP contribution in [0.25, 0.3) is 0 Å². The second-order valence-corrected chi connectivity index (χ2v) is 9.94. The lowest BCUT2D eigenvalue weighted by Crippen LogP contribution is -2.28. The highest BCUT2D eigenvalue weighted by molar-refractivity contribution is 7.89. The van der Waals surface area contributed by atoms with Crippen molar-refractivity contribution >= 4 is 21.6 Å². The molecule has 0 saturated heterocycles. The summed E-state index contributed by atoms with van der Waals surface area (Å²) in [6.07, 6.45) is -0.0226. The number of amides is 1. The highest BCUT2D eigenvalue weighted by Gasteiger charge is 2.18. The first kappa shape index (κ1) is 25.6. The first-order chi connectivity index (χ1) is 15.1. The van der Waals surface area contributed by atoms with E-state index in [1.165, 1.54) is 7.11 Å². The average Bonchev–Trinajstić information content (AvgIpc) is 2.73. The quantitative estimate of drug-likeness (QED) is 0.495. The summed E-state index contributed by atoms with van der Waals surface area (Å²) in [5, 5.41) is 2.73. The molecule has 0 fully saturated rings. The Morgan fingerprint density at radius 2 is 1.66 bits per heavy atom. The monoisotopic (exact) mass is 464 g/mol. The molecule has 0 heterocycles. The molecule has 32 heavy (non-hydrogen) atoms. The molecule has 2 aromatic rings. The standard InChI is InChI=1S/C23H32N2O6S/c1-23(2,3)17-6-9-19(10-7-17)32(27,28)24-13-12-22(26)25-18-8-11-20(30-5)21(16-18)31-15-14-29-4/h6-11,16,24H,12-15H2,1-5H3,(H,25,26). The van der Waals surface area contributed by atoms with Gasteiger partial charge in [0.25, 0.3) is 0 Å². The minimum Gasteiger partial charge on any atom is -0.493 e. The number of carbonyl (C=O) groups is 1. The van der Waals surface area contributed by atoms with Crippen LogP contribution in [-0.2, 0) is 25.0 Å². The van der Waals surface area contributed by atoms with Crippen molar-refractivity contribution in [1.82, 2.24) is 4.72 Å². The summed E-state index contributed by atoms with van der Waals surface area (Å²) in [5.74, 6) is 0.676. The van der Waals surface area contributed by atoms with Crippen molar-refractivity contribution in [2.45, 2.75) is 37.5 Å². The highest BCUT2D eigenvalue weighted by Crippen LogP contribution is 2.30. The van der Waals surface area contributed by atoms with Crippen LogP contribution in [0.5, 0.6) is 11.5 Å². The van der Waals surface area contributed by atoms with E-state index in [0.717, 1.165) is 5.56 Å². The van der Waals surface area contributed by atoms with Gasteiger partial charge >= 0.3 is 0 Å². The Hall–Kier alpha value is -2.62. The van der Waals surface area contributed by atoms with Crippen LogP contribution in [0, 0.1) is 0 Å². The van der Waals surface area contributed by atoms with Crippen LogP contribution in [0.4, 0.5) is 5.69 Å². The SMILES string of the molecule is COCCOc1cc(NC(=O)CCNS(=O)(=O)c2ccc(C(C)(C)C)cc2)ccc1OC. The Morgan fingerprint density at radius 3 is 2.25 bits per heavy atom. The van der Waals surface area contributed by atoms with Gasteiger partial charge in [0.2, 0.25) is 15.9 Å². The fourth-order valence-electron chi connectivity index (χ4n) is 2.84. The van der Waals surface area contributed by atoms with Crippen LogP contribution in [0.15, 0.2) is 47.4 Å². The van der Waals surface area contributed by atoms with E-state index in [9.17, 15) is 13.2 Å². The topological polar surface area (TPSA) is 103 Å². The molecule has 0 radical (unpaired) electrons. The summed E-state index contributed by atoms with van der Waals surface area (Å²) in [7, 11) is -0.595. The van der Waals surface area contributed by atoms with Gasteiger partial charge in [-0.1, -0.05) is 32.9 Å². The summed E-state index contributed by atoms with van der Waals surface area (Å²) >= 11 is 0. The molecule has 0 unspecified atom stereocenters. The van der Waals surface area contributed by atoms with E-state index in [1.807, 2.05) is 0 Å². The normalized spacial score (nSPS) is 11.8. The largest absolute Gasteiger partial charge is 0.493 e. The van der Waals surface area contributed by atoms with Gasteiger partial charge in [0, 0.05) is 31.8 Å². The molecule has 0 saturated carbocycles. The number of sulfonamides is 1. The first-order valence-corrected chi connectivity index (χ1v) is 11.7. The zero-order valence-electron chi connectivity index (χ0n) is 19.2. The first-order valence-electron chi connectivity index (χ1n) is 10.3. The fourth-order valence-corrected chi connectivity index (χ4v) is 3.87. The van der Waals surface area contributed by atoms with E-state index in [2.05, 4.69) is 30.8 Å². The number of carbonyl (C=O) groups excluding carboxylic acids is 1. The number of rotatable bonds is 11. The third-order valence-electron chi connectivity index (χ3n) is 4.67. The minimum absolute atomic E-state index is 0.0226. The van der Waals surface area contributed by atoms with Crippen LogP contribution < -0.4 is 19.5 Å². The number of benzene rings is 2. The van der Waals surface area contributed by atoms with Crippen molar-refractivity contribution in [3.05, 3.63) is 48.0 Å². The van der Waals surface area contributed by atoms with Crippen molar-refractivity contribution < 1.29 is 27.4 Å². The molecular weight excluding hydrogens is 432 g/mol. The molecule has 9 heteroatoms. The Balaban J connectivity index is 1.92. The maximum absolute atomic E-state index is 12.5. The van der Waals surface area contributed by atoms with E-state index in [0.29, 0.717) is 30.4 Å². The lowest BCUT2D eigenvalue weighted by Gasteiger charge is -2.19. The summed E-state index contributed by atoms with van der Waals surface area (Å²) in [5.41, 5.74) is 1.49. The smallest absolute Gasteiger partial charge is 0.240 e. The van der Waals surface area contributed by atoms with Crippen molar-refractivity contribution in [1.29, 1.82) is 0 Å². The highest BCUT2D eigenvalue weighted by atomic mass is 32.2. The van der Waals surface area contributed by atoms with Crippen LogP contribution in [-0.4, -0.2) is 48.3 Å². The van der Waals surface area contributed by atoms with Crippen molar-refractivity contribution in [3.8, 4) is 11.5 Å². The van der Waals surface area contributed by atoms with Crippen LogP contribution in [0.1, 0.15) is 32.8 Å². The molecule has 0 atom stereocenters.